The SMILES string of the molecule is NC(N)=NCCCCCC(=O)c1cnc(C(=O)NCCCOC2CCCCC2)[nH]1. The summed E-state index contributed by atoms with van der Waals surface area (Å²) >= 11 is 0. The van der Waals surface area contributed by atoms with Crippen molar-refractivity contribution in [2.24, 2.45) is 16.5 Å². The second-order valence-electron chi connectivity index (χ2n) is 7.43. The molecule has 162 valence electrons. The molecule has 0 spiro atoms. The third-order valence-corrected chi connectivity index (χ3v) is 4.96. The third kappa shape index (κ3) is 9.08. The first kappa shape index (κ1) is 22.9. The minimum atomic E-state index is -0.307. The second kappa shape index (κ2) is 12.9. The van der Waals surface area contributed by atoms with Crippen molar-refractivity contribution >= 4 is 17.6 Å². The molecule has 0 unspecified atom stereocenters. The highest BCUT2D eigenvalue weighted by Crippen LogP contribution is 2.20. The average molecular weight is 407 g/mol. The van der Waals surface area contributed by atoms with Gasteiger partial charge in [0.2, 0.25) is 0 Å². The fraction of sp³-hybridized carbons (Fsp3) is 0.700. The average Bonchev–Trinajstić information content (AvgIpc) is 3.21. The molecule has 29 heavy (non-hydrogen) atoms. The number of ether oxygens (including phenoxy) is 1. The van der Waals surface area contributed by atoms with Crippen molar-refractivity contribution in [2.75, 3.05) is 19.7 Å². The van der Waals surface area contributed by atoms with Gasteiger partial charge in [0.15, 0.2) is 17.6 Å². The van der Waals surface area contributed by atoms with E-state index >= 15 is 0 Å². The fourth-order valence-corrected chi connectivity index (χ4v) is 3.33. The van der Waals surface area contributed by atoms with Crippen molar-refractivity contribution in [1.82, 2.24) is 15.3 Å². The maximum Gasteiger partial charge on any atom is 0.287 e. The molecule has 2 rings (SSSR count). The van der Waals surface area contributed by atoms with Gasteiger partial charge in [0.25, 0.3) is 5.91 Å². The molecule has 1 aromatic heterocycles. The van der Waals surface area contributed by atoms with Crippen LogP contribution in [0.5, 0.6) is 0 Å². The van der Waals surface area contributed by atoms with Crippen LogP contribution in [0.4, 0.5) is 0 Å². The number of aliphatic imine (C=N–C) groups is 1. The van der Waals surface area contributed by atoms with E-state index in [4.69, 9.17) is 16.2 Å². The summed E-state index contributed by atoms with van der Waals surface area (Å²) in [4.78, 5) is 35.1. The molecule has 0 radical (unpaired) electrons. The Kier molecular flexibility index (Phi) is 10.2. The van der Waals surface area contributed by atoms with Crippen molar-refractivity contribution < 1.29 is 14.3 Å². The number of ketones is 1. The Bertz CT molecular complexity index is 663. The summed E-state index contributed by atoms with van der Waals surface area (Å²) in [7, 11) is 0. The predicted molar refractivity (Wildman–Crippen MR) is 112 cm³/mol. The van der Waals surface area contributed by atoms with Gasteiger partial charge < -0.3 is 26.5 Å². The maximum absolute atomic E-state index is 12.2. The summed E-state index contributed by atoms with van der Waals surface area (Å²) in [6.45, 7) is 1.73. The maximum atomic E-state index is 12.2. The number of guanidine groups is 1. The van der Waals surface area contributed by atoms with E-state index in [9.17, 15) is 9.59 Å². The molecule has 1 fully saturated rings. The van der Waals surface area contributed by atoms with Crippen LogP contribution >= 0.6 is 0 Å². The lowest BCUT2D eigenvalue weighted by Crippen LogP contribution is -2.27. The first-order chi connectivity index (χ1) is 14.1. The number of imidazole rings is 1. The lowest BCUT2D eigenvalue weighted by molar-refractivity contribution is 0.0273. The van der Waals surface area contributed by atoms with Crippen LogP contribution in [0, 0.1) is 0 Å². The highest BCUT2D eigenvalue weighted by atomic mass is 16.5. The zero-order chi connectivity index (χ0) is 20.9. The molecule has 0 aliphatic heterocycles. The zero-order valence-corrected chi connectivity index (χ0v) is 17.1. The summed E-state index contributed by atoms with van der Waals surface area (Å²) in [6, 6.07) is 0. The van der Waals surface area contributed by atoms with Gasteiger partial charge >= 0.3 is 0 Å². The van der Waals surface area contributed by atoms with Crippen molar-refractivity contribution in [2.45, 2.75) is 70.3 Å². The van der Waals surface area contributed by atoms with Crippen LogP contribution in [0.25, 0.3) is 0 Å². The molecule has 0 aromatic carbocycles. The number of aromatic nitrogens is 2. The minimum absolute atomic E-state index is 0.0562. The predicted octanol–water partition coefficient (Wildman–Crippen LogP) is 1.90. The van der Waals surface area contributed by atoms with Gasteiger partial charge in [-0.05, 0) is 32.1 Å². The Balaban J connectivity index is 1.59. The Morgan fingerprint density at radius 3 is 2.72 bits per heavy atom. The van der Waals surface area contributed by atoms with Gasteiger partial charge in [-0.15, -0.1) is 0 Å². The lowest BCUT2D eigenvalue weighted by atomic mass is 9.98. The number of amides is 1. The van der Waals surface area contributed by atoms with Crippen molar-refractivity contribution in [3.63, 3.8) is 0 Å². The van der Waals surface area contributed by atoms with E-state index in [1.165, 1.54) is 25.5 Å². The number of aromatic amines is 1. The van der Waals surface area contributed by atoms with E-state index in [2.05, 4.69) is 20.3 Å². The van der Waals surface area contributed by atoms with Crippen molar-refractivity contribution in [1.29, 1.82) is 0 Å². The number of nitrogens with two attached hydrogens (primary N) is 2. The van der Waals surface area contributed by atoms with E-state index in [0.717, 1.165) is 38.5 Å². The minimum Gasteiger partial charge on any atom is -0.378 e. The van der Waals surface area contributed by atoms with E-state index < -0.39 is 0 Å². The van der Waals surface area contributed by atoms with Crippen LogP contribution in [0.1, 0.15) is 85.3 Å². The summed E-state index contributed by atoms with van der Waals surface area (Å²) in [5.74, 6) is -0.117. The van der Waals surface area contributed by atoms with E-state index in [1.54, 1.807) is 0 Å². The zero-order valence-electron chi connectivity index (χ0n) is 17.1. The van der Waals surface area contributed by atoms with Crippen molar-refractivity contribution in [3.05, 3.63) is 17.7 Å². The van der Waals surface area contributed by atoms with Crippen LogP contribution in [0.15, 0.2) is 11.2 Å². The number of nitrogens with zero attached hydrogens (tertiary/aromatic N) is 2. The van der Waals surface area contributed by atoms with Gasteiger partial charge in [-0.2, -0.15) is 0 Å². The standard InChI is InChI=1S/C20H34N6O3/c21-20(22)24-11-6-2-5-10-17(27)16-14-25-18(26-16)19(28)23-12-7-13-29-15-8-3-1-4-9-15/h14-15H,1-13H2,(H,23,28)(H,25,26)(H4,21,22,24). The number of Topliss-reactive ketones (excluding diaryl/α,β-unsaturated/α-hetero) is 1. The van der Waals surface area contributed by atoms with Crippen molar-refractivity contribution in [3.8, 4) is 0 Å². The number of hydrogen-bond donors (Lipinski definition) is 4. The Morgan fingerprint density at radius 2 is 1.97 bits per heavy atom. The molecule has 9 heteroatoms. The van der Waals surface area contributed by atoms with E-state index in [1.807, 2.05) is 0 Å². The number of nitrogens with one attached hydrogen (secondary N) is 2. The van der Waals surface area contributed by atoms with Crippen LogP contribution in [0.3, 0.4) is 0 Å². The van der Waals surface area contributed by atoms with Crippen LogP contribution in [-0.2, 0) is 4.74 Å². The molecule has 1 aromatic rings. The topological polar surface area (TPSA) is 148 Å². The monoisotopic (exact) mass is 406 g/mol. The van der Waals surface area contributed by atoms with E-state index in [-0.39, 0.29) is 23.5 Å². The number of carbonyl (C=O) groups is 2. The highest BCUT2D eigenvalue weighted by Gasteiger charge is 2.15. The Labute approximate surface area is 172 Å². The summed E-state index contributed by atoms with van der Waals surface area (Å²) < 4.78 is 5.84. The number of hydrogen-bond acceptors (Lipinski definition) is 5. The molecule has 1 saturated carbocycles. The molecule has 1 amide bonds. The van der Waals surface area contributed by atoms with Crippen LogP contribution < -0.4 is 16.8 Å². The fourth-order valence-electron chi connectivity index (χ4n) is 3.33. The van der Waals surface area contributed by atoms with Gasteiger partial charge in [-0.1, -0.05) is 25.7 Å². The molecule has 1 aliphatic rings. The first-order valence-electron chi connectivity index (χ1n) is 10.6. The second-order valence-corrected chi connectivity index (χ2v) is 7.43. The molecular formula is C20H34N6O3. The van der Waals surface area contributed by atoms with Gasteiger partial charge in [0.05, 0.1) is 12.3 Å². The lowest BCUT2D eigenvalue weighted by Gasteiger charge is -2.21. The number of rotatable bonds is 13. The summed E-state index contributed by atoms with van der Waals surface area (Å²) in [5.41, 5.74) is 10.9. The summed E-state index contributed by atoms with van der Waals surface area (Å²) in [6.07, 6.45) is 11.5. The summed E-state index contributed by atoms with van der Waals surface area (Å²) in [5, 5.41) is 2.81. The van der Waals surface area contributed by atoms with Gasteiger partial charge in [-0.25, -0.2) is 4.98 Å². The molecule has 0 atom stereocenters. The Hall–Kier alpha value is -2.42. The molecule has 0 bridgehead atoms. The largest absolute Gasteiger partial charge is 0.378 e. The molecule has 0 saturated heterocycles. The highest BCUT2D eigenvalue weighted by molar-refractivity contribution is 5.96. The third-order valence-electron chi connectivity index (χ3n) is 4.96. The molecule has 1 aliphatic carbocycles. The quantitative estimate of drug-likeness (QED) is 0.170. The molecule has 9 nitrogen and oxygen atoms in total. The smallest absolute Gasteiger partial charge is 0.287 e. The molecular weight excluding hydrogens is 372 g/mol. The number of H-pyrrole nitrogens is 1. The van der Waals surface area contributed by atoms with Crippen LogP contribution in [0.2, 0.25) is 0 Å². The Morgan fingerprint density at radius 1 is 1.17 bits per heavy atom. The van der Waals surface area contributed by atoms with Crippen LogP contribution in [-0.4, -0.2) is 53.4 Å². The van der Waals surface area contributed by atoms with Gasteiger partial charge in [0, 0.05) is 26.1 Å². The normalized spacial score (nSPS) is 14.5. The van der Waals surface area contributed by atoms with Gasteiger partial charge in [-0.3, -0.25) is 14.6 Å². The first-order valence-corrected chi connectivity index (χ1v) is 10.6. The molecule has 6 N–H and O–H groups in total. The van der Waals surface area contributed by atoms with E-state index in [0.29, 0.717) is 37.9 Å². The van der Waals surface area contributed by atoms with Gasteiger partial charge in [0.1, 0.15) is 5.69 Å². The number of carbonyl (C=O) groups excluding carboxylic acids is 2. The molecule has 1 heterocycles. The number of unbranched alkanes of at least 4 members (excludes halogenated alkanes) is 2.